The van der Waals surface area contributed by atoms with E-state index in [0.29, 0.717) is 16.5 Å². The van der Waals surface area contributed by atoms with Crippen LogP contribution in [0.5, 0.6) is 0 Å². The second-order valence-corrected chi connectivity index (χ2v) is 5.88. The van der Waals surface area contributed by atoms with Crippen molar-refractivity contribution in [2.75, 3.05) is 20.6 Å². The molecule has 1 aromatic rings. The van der Waals surface area contributed by atoms with Crippen LogP contribution >= 0.6 is 23.2 Å². The Hall–Kier alpha value is -0.280. The predicted octanol–water partition coefficient (Wildman–Crippen LogP) is 3.79. The van der Waals surface area contributed by atoms with Crippen molar-refractivity contribution in [3.63, 3.8) is 0 Å². The van der Waals surface area contributed by atoms with Crippen molar-refractivity contribution in [1.29, 1.82) is 0 Å². The Labute approximate surface area is 120 Å². The average Bonchev–Trinajstić information content (AvgIpc) is 2.30. The van der Waals surface area contributed by atoms with Crippen molar-refractivity contribution >= 4 is 23.2 Å². The second-order valence-electron chi connectivity index (χ2n) is 5.07. The van der Waals surface area contributed by atoms with Crippen LogP contribution in [0, 0.1) is 5.92 Å². The van der Waals surface area contributed by atoms with E-state index in [1.807, 2.05) is 34.0 Å². The molecule has 1 rings (SSSR count). The molecule has 0 spiro atoms. The maximum Gasteiger partial charge on any atom is 0.0932 e. The number of benzene rings is 1. The number of rotatable bonds is 5. The number of hydrogen-bond acceptors (Lipinski definition) is 2. The zero-order valence-electron chi connectivity index (χ0n) is 11.4. The van der Waals surface area contributed by atoms with Crippen LogP contribution in [-0.4, -0.2) is 30.6 Å². The fourth-order valence-corrected chi connectivity index (χ4v) is 2.60. The molecule has 2 atom stereocenters. The van der Waals surface area contributed by atoms with Crippen LogP contribution in [0.2, 0.25) is 10.0 Å². The van der Waals surface area contributed by atoms with E-state index >= 15 is 0 Å². The van der Waals surface area contributed by atoms with E-state index in [2.05, 4.69) is 4.90 Å². The summed E-state index contributed by atoms with van der Waals surface area (Å²) in [6.07, 6.45) is 0.639. The lowest BCUT2D eigenvalue weighted by Gasteiger charge is -2.35. The molecule has 0 unspecified atom stereocenters. The van der Waals surface area contributed by atoms with Crippen molar-refractivity contribution in [3.05, 3.63) is 33.8 Å². The van der Waals surface area contributed by atoms with E-state index in [-0.39, 0.29) is 5.92 Å². The summed E-state index contributed by atoms with van der Waals surface area (Å²) >= 11 is 11.9. The molecular weight excluding hydrogens is 269 g/mol. The van der Waals surface area contributed by atoms with E-state index in [9.17, 15) is 5.11 Å². The van der Waals surface area contributed by atoms with E-state index in [1.54, 1.807) is 12.1 Å². The number of nitrogens with zero attached hydrogens (tertiary/aromatic N) is 1. The molecule has 0 aliphatic carbocycles. The molecule has 4 heteroatoms. The first kappa shape index (κ1) is 15.8. The summed E-state index contributed by atoms with van der Waals surface area (Å²) in [6.45, 7) is 4.84. The molecule has 0 aliphatic rings. The summed E-state index contributed by atoms with van der Waals surface area (Å²) in [4.78, 5) is 2.07. The molecule has 102 valence electrons. The molecule has 0 heterocycles. The second kappa shape index (κ2) is 6.25. The molecule has 0 aliphatic heterocycles. The van der Waals surface area contributed by atoms with Crippen LogP contribution in [-0.2, 0) is 5.60 Å². The van der Waals surface area contributed by atoms with E-state index < -0.39 is 5.60 Å². The molecule has 0 aromatic heterocycles. The van der Waals surface area contributed by atoms with Gasteiger partial charge >= 0.3 is 0 Å². The standard InChI is InChI=1S/C14H21Cl2NO/c1-5-14(18,10(2)9-17(3)4)11-6-7-12(15)13(16)8-11/h6-8,10,18H,5,9H2,1-4H3/t10-,14-/m1/s1. The normalized spacial score (nSPS) is 16.7. The zero-order chi connectivity index (χ0) is 13.9. The molecule has 0 fully saturated rings. The van der Waals surface area contributed by atoms with Crippen LogP contribution < -0.4 is 0 Å². The van der Waals surface area contributed by atoms with Gasteiger partial charge in [0.15, 0.2) is 0 Å². The summed E-state index contributed by atoms with van der Waals surface area (Å²) < 4.78 is 0. The molecule has 0 saturated carbocycles. The highest BCUT2D eigenvalue weighted by atomic mass is 35.5. The number of hydrogen-bond donors (Lipinski definition) is 1. The first-order valence-corrected chi connectivity index (χ1v) is 6.89. The molecule has 2 nitrogen and oxygen atoms in total. The van der Waals surface area contributed by atoms with Gasteiger partial charge in [0.05, 0.1) is 15.6 Å². The molecule has 0 amide bonds. The minimum atomic E-state index is -0.876. The van der Waals surface area contributed by atoms with Crippen molar-refractivity contribution in [2.24, 2.45) is 5.92 Å². The van der Waals surface area contributed by atoms with Gasteiger partial charge in [-0.3, -0.25) is 0 Å². The molecule has 1 N–H and O–H groups in total. The third-order valence-corrected chi connectivity index (χ3v) is 4.15. The van der Waals surface area contributed by atoms with Crippen molar-refractivity contribution < 1.29 is 5.11 Å². The quantitative estimate of drug-likeness (QED) is 0.892. The van der Waals surface area contributed by atoms with Gasteiger partial charge in [0, 0.05) is 12.5 Å². The predicted molar refractivity (Wildman–Crippen MR) is 78.4 cm³/mol. The molecule has 1 aromatic carbocycles. The highest BCUT2D eigenvalue weighted by Gasteiger charge is 2.34. The van der Waals surface area contributed by atoms with Gasteiger partial charge in [-0.25, -0.2) is 0 Å². The Morgan fingerprint density at radius 1 is 1.28 bits per heavy atom. The van der Waals surface area contributed by atoms with Gasteiger partial charge in [-0.15, -0.1) is 0 Å². The summed E-state index contributed by atoms with van der Waals surface area (Å²) in [6, 6.07) is 5.35. The van der Waals surface area contributed by atoms with Gasteiger partial charge < -0.3 is 10.0 Å². The van der Waals surface area contributed by atoms with Crippen LogP contribution in [0.25, 0.3) is 0 Å². The van der Waals surface area contributed by atoms with E-state index in [0.717, 1.165) is 12.1 Å². The first-order chi connectivity index (χ1) is 8.31. The van der Waals surface area contributed by atoms with Crippen LogP contribution in [0.3, 0.4) is 0 Å². The molecule has 18 heavy (non-hydrogen) atoms. The lowest BCUT2D eigenvalue weighted by Crippen LogP contribution is -2.38. The van der Waals surface area contributed by atoms with Gasteiger partial charge in [-0.05, 0) is 38.2 Å². The smallest absolute Gasteiger partial charge is 0.0932 e. The number of halogens is 2. The average molecular weight is 290 g/mol. The van der Waals surface area contributed by atoms with Crippen molar-refractivity contribution in [3.8, 4) is 0 Å². The summed E-state index contributed by atoms with van der Waals surface area (Å²) in [7, 11) is 4.00. The highest BCUT2D eigenvalue weighted by molar-refractivity contribution is 6.42. The Kier molecular flexibility index (Phi) is 5.47. The molecule has 0 saturated heterocycles. The summed E-state index contributed by atoms with van der Waals surface area (Å²) in [5, 5.41) is 11.9. The fourth-order valence-electron chi connectivity index (χ4n) is 2.30. The topological polar surface area (TPSA) is 23.5 Å². The van der Waals surface area contributed by atoms with Gasteiger partial charge in [-0.1, -0.05) is 43.1 Å². The van der Waals surface area contributed by atoms with Gasteiger partial charge in [0.25, 0.3) is 0 Å². The van der Waals surface area contributed by atoms with Gasteiger partial charge in [0.2, 0.25) is 0 Å². The minimum Gasteiger partial charge on any atom is -0.385 e. The fraction of sp³-hybridized carbons (Fsp3) is 0.571. The Bertz CT molecular complexity index is 409. The maximum atomic E-state index is 10.9. The highest BCUT2D eigenvalue weighted by Crippen LogP contribution is 2.36. The summed E-state index contributed by atoms with van der Waals surface area (Å²) in [5.41, 5.74) is -0.0489. The van der Waals surface area contributed by atoms with E-state index in [4.69, 9.17) is 23.2 Å². The monoisotopic (exact) mass is 289 g/mol. The molecule has 0 radical (unpaired) electrons. The van der Waals surface area contributed by atoms with Crippen LogP contribution in [0.15, 0.2) is 18.2 Å². The maximum absolute atomic E-state index is 10.9. The minimum absolute atomic E-state index is 0.106. The Morgan fingerprint density at radius 3 is 2.33 bits per heavy atom. The molecular formula is C14H21Cl2NO. The third kappa shape index (κ3) is 3.39. The van der Waals surface area contributed by atoms with Crippen molar-refractivity contribution in [2.45, 2.75) is 25.9 Å². The van der Waals surface area contributed by atoms with Crippen molar-refractivity contribution in [1.82, 2.24) is 4.90 Å². The number of aliphatic hydroxyl groups is 1. The Balaban J connectivity index is 3.09. The van der Waals surface area contributed by atoms with Crippen LogP contribution in [0.1, 0.15) is 25.8 Å². The molecule has 0 bridgehead atoms. The van der Waals surface area contributed by atoms with Gasteiger partial charge in [-0.2, -0.15) is 0 Å². The SMILES string of the molecule is CC[C@](O)(c1ccc(Cl)c(Cl)c1)[C@H](C)CN(C)C. The van der Waals surface area contributed by atoms with Crippen LogP contribution in [0.4, 0.5) is 0 Å². The van der Waals surface area contributed by atoms with E-state index in [1.165, 1.54) is 0 Å². The third-order valence-electron chi connectivity index (χ3n) is 3.41. The van der Waals surface area contributed by atoms with Gasteiger partial charge in [0.1, 0.15) is 0 Å². The summed E-state index contributed by atoms with van der Waals surface area (Å²) in [5.74, 6) is 0.106. The zero-order valence-corrected chi connectivity index (χ0v) is 12.9. The first-order valence-electron chi connectivity index (χ1n) is 6.14. The largest absolute Gasteiger partial charge is 0.385 e. The lowest BCUT2D eigenvalue weighted by molar-refractivity contribution is -0.0291. The Morgan fingerprint density at radius 2 is 1.89 bits per heavy atom. The lowest BCUT2D eigenvalue weighted by atomic mass is 9.80.